The van der Waals surface area contributed by atoms with Crippen molar-refractivity contribution >= 4 is 17.0 Å². The summed E-state index contributed by atoms with van der Waals surface area (Å²) >= 11 is 0. The minimum Gasteiger partial charge on any atom is -0.408 e. The number of fused-ring (bicyclic) bond motifs is 1. The summed E-state index contributed by atoms with van der Waals surface area (Å²) in [6.07, 6.45) is 5.38. The first-order chi connectivity index (χ1) is 11.6. The zero-order valence-electron chi connectivity index (χ0n) is 13.5. The molecule has 0 radical (unpaired) electrons. The van der Waals surface area contributed by atoms with Crippen LogP contribution >= 0.6 is 0 Å². The number of rotatable bonds is 6. The molecule has 2 heterocycles. The van der Waals surface area contributed by atoms with E-state index in [1.165, 1.54) is 5.56 Å². The van der Waals surface area contributed by atoms with Crippen molar-refractivity contribution in [1.29, 1.82) is 0 Å². The van der Waals surface area contributed by atoms with Crippen LogP contribution in [0.25, 0.3) is 11.1 Å². The van der Waals surface area contributed by atoms with Gasteiger partial charge in [0, 0.05) is 32.4 Å². The molecular weight excluding hydrogens is 306 g/mol. The summed E-state index contributed by atoms with van der Waals surface area (Å²) < 4.78 is 4.97. The number of benzene rings is 1. The lowest BCUT2D eigenvalue weighted by Crippen LogP contribution is -2.29. The smallest absolute Gasteiger partial charge is 0.408 e. The first-order valence-corrected chi connectivity index (χ1v) is 7.86. The monoisotopic (exact) mass is 325 g/mol. The number of hydrogen-bond donors (Lipinski definition) is 1. The van der Waals surface area contributed by atoms with Gasteiger partial charge in [-0.05, 0) is 48.2 Å². The summed E-state index contributed by atoms with van der Waals surface area (Å²) in [6, 6.07) is 9.40. The van der Waals surface area contributed by atoms with Gasteiger partial charge in [0.25, 0.3) is 0 Å². The van der Waals surface area contributed by atoms with Crippen LogP contribution in [0.3, 0.4) is 0 Å². The fourth-order valence-corrected chi connectivity index (χ4v) is 2.57. The summed E-state index contributed by atoms with van der Waals surface area (Å²) in [6.45, 7) is 0.678. The molecule has 0 atom stereocenters. The molecule has 6 nitrogen and oxygen atoms in total. The second-order valence-electron chi connectivity index (χ2n) is 5.77. The van der Waals surface area contributed by atoms with Crippen LogP contribution in [0.1, 0.15) is 17.5 Å². The molecule has 0 spiro atoms. The summed E-state index contributed by atoms with van der Waals surface area (Å²) in [5.41, 5.74) is 3.36. The van der Waals surface area contributed by atoms with Gasteiger partial charge < -0.3 is 9.32 Å². The Hall–Kier alpha value is -2.89. The molecule has 1 N–H and O–H groups in total. The average molecular weight is 325 g/mol. The van der Waals surface area contributed by atoms with E-state index in [-0.39, 0.29) is 5.91 Å². The Balaban J connectivity index is 1.52. The van der Waals surface area contributed by atoms with Gasteiger partial charge in [-0.25, -0.2) is 4.79 Å². The molecule has 0 fully saturated rings. The van der Waals surface area contributed by atoms with E-state index in [1.54, 1.807) is 23.4 Å². The Morgan fingerprint density at radius 1 is 1.17 bits per heavy atom. The molecule has 24 heavy (non-hydrogen) atoms. The third-order valence-corrected chi connectivity index (χ3v) is 4.02. The number of carbonyl (C=O) groups is 1. The standard InChI is InChI=1S/C18H19N3O3/c1-21(11-8-13-6-9-19-10-7-13)17(22)5-3-14-2-4-16-15(12-14)20-18(23)24-16/h2,4,6-7,9-10,12H,3,5,8,11H2,1H3,(H,20,23). The van der Waals surface area contributed by atoms with Crippen molar-refractivity contribution in [3.05, 3.63) is 64.4 Å². The third kappa shape index (κ3) is 3.90. The normalized spacial score (nSPS) is 10.9. The molecule has 1 amide bonds. The zero-order valence-corrected chi connectivity index (χ0v) is 13.5. The van der Waals surface area contributed by atoms with Crippen molar-refractivity contribution in [2.75, 3.05) is 13.6 Å². The third-order valence-electron chi connectivity index (χ3n) is 4.02. The van der Waals surface area contributed by atoms with E-state index >= 15 is 0 Å². The van der Waals surface area contributed by atoms with Crippen molar-refractivity contribution in [1.82, 2.24) is 14.9 Å². The van der Waals surface area contributed by atoms with Crippen LogP contribution in [0, 0.1) is 0 Å². The predicted octanol–water partition coefficient (Wildman–Crippen LogP) is 2.15. The van der Waals surface area contributed by atoms with E-state index in [1.807, 2.05) is 31.3 Å². The van der Waals surface area contributed by atoms with Crippen LogP contribution in [0.5, 0.6) is 0 Å². The summed E-state index contributed by atoms with van der Waals surface area (Å²) in [5, 5.41) is 0. The number of aryl methyl sites for hydroxylation is 1. The second-order valence-corrected chi connectivity index (χ2v) is 5.77. The second kappa shape index (κ2) is 7.12. The molecule has 0 aliphatic heterocycles. The van der Waals surface area contributed by atoms with Gasteiger partial charge in [0.15, 0.2) is 5.58 Å². The van der Waals surface area contributed by atoms with Gasteiger partial charge in [0.1, 0.15) is 0 Å². The SMILES string of the molecule is CN(CCc1ccncc1)C(=O)CCc1ccc2oc(=O)[nH]c2c1. The number of likely N-dealkylation sites (N-methyl/N-ethyl adjacent to an activating group) is 1. The molecular formula is C18H19N3O3. The molecule has 124 valence electrons. The summed E-state index contributed by atoms with van der Waals surface area (Å²) in [7, 11) is 1.82. The van der Waals surface area contributed by atoms with E-state index in [0.717, 1.165) is 12.0 Å². The number of aromatic amines is 1. The van der Waals surface area contributed by atoms with Crippen molar-refractivity contribution in [2.45, 2.75) is 19.3 Å². The Bertz CT molecular complexity index is 883. The lowest BCUT2D eigenvalue weighted by molar-refractivity contribution is -0.129. The van der Waals surface area contributed by atoms with E-state index in [2.05, 4.69) is 9.97 Å². The molecule has 3 rings (SSSR count). The predicted molar refractivity (Wildman–Crippen MR) is 90.7 cm³/mol. The van der Waals surface area contributed by atoms with Gasteiger partial charge >= 0.3 is 5.76 Å². The highest BCUT2D eigenvalue weighted by molar-refractivity contribution is 5.77. The lowest BCUT2D eigenvalue weighted by atomic mass is 10.1. The number of pyridine rings is 1. The minimum atomic E-state index is -0.464. The molecule has 0 saturated carbocycles. The highest BCUT2D eigenvalue weighted by Gasteiger charge is 2.10. The van der Waals surface area contributed by atoms with Crippen LogP contribution in [0.4, 0.5) is 0 Å². The van der Waals surface area contributed by atoms with Crippen LogP contribution < -0.4 is 5.76 Å². The first-order valence-electron chi connectivity index (χ1n) is 7.86. The van der Waals surface area contributed by atoms with Crippen LogP contribution in [-0.2, 0) is 17.6 Å². The quantitative estimate of drug-likeness (QED) is 0.753. The van der Waals surface area contributed by atoms with Gasteiger partial charge in [-0.3, -0.25) is 14.8 Å². The maximum absolute atomic E-state index is 12.2. The Morgan fingerprint density at radius 3 is 2.75 bits per heavy atom. The van der Waals surface area contributed by atoms with E-state index in [0.29, 0.717) is 30.5 Å². The number of carbonyl (C=O) groups excluding carboxylic acids is 1. The molecule has 0 aliphatic rings. The zero-order chi connectivity index (χ0) is 16.9. The summed E-state index contributed by atoms with van der Waals surface area (Å²) in [4.78, 5) is 31.8. The van der Waals surface area contributed by atoms with Gasteiger partial charge in [0.05, 0.1) is 5.52 Å². The van der Waals surface area contributed by atoms with Crippen LogP contribution in [-0.4, -0.2) is 34.4 Å². The van der Waals surface area contributed by atoms with Crippen LogP contribution in [0.15, 0.2) is 51.9 Å². The maximum Gasteiger partial charge on any atom is 0.417 e. The average Bonchev–Trinajstić information content (AvgIpc) is 2.97. The fraction of sp³-hybridized carbons (Fsp3) is 0.278. The Kier molecular flexibility index (Phi) is 4.74. The molecule has 2 aromatic heterocycles. The minimum absolute atomic E-state index is 0.102. The van der Waals surface area contributed by atoms with Crippen LogP contribution in [0.2, 0.25) is 0 Å². The molecule has 0 unspecified atom stereocenters. The lowest BCUT2D eigenvalue weighted by Gasteiger charge is -2.17. The number of hydrogen-bond acceptors (Lipinski definition) is 4. The maximum atomic E-state index is 12.2. The molecule has 0 aliphatic carbocycles. The Labute approximate surface area is 139 Å². The van der Waals surface area contributed by atoms with Gasteiger partial charge in [-0.15, -0.1) is 0 Å². The topological polar surface area (TPSA) is 79.2 Å². The van der Waals surface area contributed by atoms with E-state index < -0.39 is 5.76 Å². The summed E-state index contributed by atoms with van der Waals surface area (Å²) in [5.74, 6) is -0.362. The largest absolute Gasteiger partial charge is 0.417 e. The number of oxazole rings is 1. The van der Waals surface area contributed by atoms with E-state index in [9.17, 15) is 9.59 Å². The molecule has 0 saturated heterocycles. The van der Waals surface area contributed by atoms with Gasteiger partial charge in [0.2, 0.25) is 5.91 Å². The first kappa shape index (κ1) is 16.0. The van der Waals surface area contributed by atoms with Crippen molar-refractivity contribution in [2.24, 2.45) is 0 Å². The van der Waals surface area contributed by atoms with Gasteiger partial charge in [-0.1, -0.05) is 6.07 Å². The number of nitrogens with one attached hydrogen (secondary N) is 1. The van der Waals surface area contributed by atoms with E-state index in [4.69, 9.17) is 4.42 Å². The molecule has 3 aromatic rings. The Morgan fingerprint density at radius 2 is 1.96 bits per heavy atom. The number of H-pyrrole nitrogens is 1. The molecule has 0 bridgehead atoms. The highest BCUT2D eigenvalue weighted by atomic mass is 16.4. The molecule has 6 heteroatoms. The van der Waals surface area contributed by atoms with Gasteiger partial charge in [-0.2, -0.15) is 0 Å². The molecule has 1 aromatic carbocycles. The van der Waals surface area contributed by atoms with Crippen molar-refractivity contribution in [3.63, 3.8) is 0 Å². The van der Waals surface area contributed by atoms with Crippen molar-refractivity contribution in [3.8, 4) is 0 Å². The fourth-order valence-electron chi connectivity index (χ4n) is 2.57. The number of aromatic nitrogens is 2. The number of nitrogens with zero attached hydrogens (tertiary/aromatic N) is 2. The highest BCUT2D eigenvalue weighted by Crippen LogP contribution is 2.14. The van der Waals surface area contributed by atoms with Crippen molar-refractivity contribution < 1.29 is 9.21 Å². The number of amides is 1.